The largest absolute Gasteiger partial charge is 0.367 e. The lowest BCUT2D eigenvalue weighted by atomic mass is 10.2. The molecular weight excluding hydrogens is 414 g/mol. The number of rotatable bonds is 9. The molecule has 0 spiro atoms. The molecule has 1 atom stereocenters. The van der Waals surface area contributed by atoms with Gasteiger partial charge in [0.1, 0.15) is 5.02 Å². The van der Waals surface area contributed by atoms with Gasteiger partial charge in [-0.2, -0.15) is 10.1 Å². The molecule has 0 aliphatic carbocycles. The summed E-state index contributed by atoms with van der Waals surface area (Å²) in [5, 5.41) is 10.6. The summed E-state index contributed by atoms with van der Waals surface area (Å²) in [6.07, 6.45) is 7.13. The highest BCUT2D eigenvalue weighted by Gasteiger charge is 2.27. The molecule has 0 unspecified atom stereocenters. The molecule has 1 aliphatic rings. The van der Waals surface area contributed by atoms with Crippen molar-refractivity contribution in [3.63, 3.8) is 0 Å². The number of halogens is 1. The van der Waals surface area contributed by atoms with Gasteiger partial charge in [-0.05, 0) is 33.2 Å². The lowest BCUT2D eigenvalue weighted by Crippen LogP contribution is -2.39. The molecule has 2 aromatic rings. The van der Waals surface area contributed by atoms with Gasteiger partial charge in [-0.15, -0.1) is 0 Å². The van der Waals surface area contributed by atoms with Crippen LogP contribution in [0.15, 0.2) is 18.6 Å². The molecule has 3 heterocycles. The van der Waals surface area contributed by atoms with Crippen LogP contribution in [0.5, 0.6) is 0 Å². The lowest BCUT2D eigenvalue weighted by Gasteiger charge is -2.25. The summed E-state index contributed by atoms with van der Waals surface area (Å²) in [7, 11) is -1.20. The van der Waals surface area contributed by atoms with Crippen LogP contribution >= 0.6 is 11.6 Å². The Morgan fingerprint density at radius 2 is 2.14 bits per heavy atom. The fourth-order valence-electron chi connectivity index (χ4n) is 3.28. The zero-order chi connectivity index (χ0) is 21.0. The van der Waals surface area contributed by atoms with Gasteiger partial charge in [0, 0.05) is 32.4 Å². The molecule has 160 valence electrons. The number of nitrogens with zero attached hydrogens (tertiary/aromatic N) is 5. The smallest absolute Gasteiger partial charge is 0.229 e. The molecule has 11 heteroatoms. The maximum atomic E-state index is 12.1. The standard InChI is InChI=1S/C18H28ClN7O2S/c1-13(2)29(27,28)8-7-26-6-4-5-15(26)10-20-17-16(19)11-21-18(24-17)23-14-9-22-25(3)12-14/h9,11-13,15H,4-8,10H2,1-3H3,(H2,20,21,23,24)/t15-/m1/s1. The third kappa shape index (κ3) is 5.80. The van der Waals surface area contributed by atoms with E-state index >= 15 is 0 Å². The number of anilines is 3. The van der Waals surface area contributed by atoms with Gasteiger partial charge in [-0.3, -0.25) is 9.58 Å². The molecule has 9 nitrogen and oxygen atoms in total. The molecule has 2 aromatic heterocycles. The average molecular weight is 442 g/mol. The highest BCUT2D eigenvalue weighted by atomic mass is 35.5. The van der Waals surface area contributed by atoms with Gasteiger partial charge in [0.2, 0.25) is 5.95 Å². The van der Waals surface area contributed by atoms with E-state index in [1.165, 1.54) is 0 Å². The molecular formula is C18H28ClN7O2S. The fraction of sp³-hybridized carbons (Fsp3) is 0.611. The number of hydrogen-bond donors (Lipinski definition) is 2. The van der Waals surface area contributed by atoms with Crippen LogP contribution in [0.2, 0.25) is 5.02 Å². The Hall–Kier alpha value is -1.91. The molecule has 0 aromatic carbocycles. The van der Waals surface area contributed by atoms with Gasteiger partial charge in [-0.1, -0.05) is 11.6 Å². The van der Waals surface area contributed by atoms with Crippen LogP contribution in [0.25, 0.3) is 0 Å². The van der Waals surface area contributed by atoms with Crippen molar-refractivity contribution in [2.75, 3.05) is 36.0 Å². The topological polar surface area (TPSA) is 105 Å². The van der Waals surface area contributed by atoms with Crippen molar-refractivity contribution in [2.45, 2.75) is 38.0 Å². The van der Waals surface area contributed by atoms with Crippen molar-refractivity contribution < 1.29 is 8.42 Å². The Morgan fingerprint density at radius 3 is 2.83 bits per heavy atom. The van der Waals surface area contributed by atoms with Gasteiger partial charge in [0.25, 0.3) is 0 Å². The van der Waals surface area contributed by atoms with E-state index in [9.17, 15) is 8.42 Å². The van der Waals surface area contributed by atoms with Crippen LogP contribution in [0.3, 0.4) is 0 Å². The second-order valence-electron chi connectivity index (χ2n) is 7.55. The summed E-state index contributed by atoms with van der Waals surface area (Å²) in [5.41, 5.74) is 0.786. The highest BCUT2D eigenvalue weighted by molar-refractivity contribution is 7.92. The van der Waals surface area contributed by atoms with E-state index in [0.29, 0.717) is 29.9 Å². The fourth-order valence-corrected chi connectivity index (χ4v) is 4.40. The van der Waals surface area contributed by atoms with Gasteiger partial charge in [0.15, 0.2) is 15.7 Å². The van der Waals surface area contributed by atoms with Crippen LogP contribution in [0, 0.1) is 0 Å². The Morgan fingerprint density at radius 1 is 1.34 bits per heavy atom. The van der Waals surface area contributed by atoms with Crippen molar-refractivity contribution in [3.8, 4) is 0 Å². The van der Waals surface area contributed by atoms with E-state index in [2.05, 4.69) is 30.6 Å². The van der Waals surface area contributed by atoms with Crippen molar-refractivity contribution in [1.82, 2.24) is 24.6 Å². The normalized spacial score (nSPS) is 17.8. The predicted octanol–water partition coefficient (Wildman–Crippen LogP) is 2.31. The molecule has 2 N–H and O–H groups in total. The van der Waals surface area contributed by atoms with E-state index in [-0.39, 0.29) is 17.0 Å². The molecule has 0 saturated carbocycles. The number of sulfone groups is 1. The monoisotopic (exact) mass is 441 g/mol. The van der Waals surface area contributed by atoms with E-state index in [1.54, 1.807) is 30.9 Å². The van der Waals surface area contributed by atoms with Gasteiger partial charge >= 0.3 is 0 Å². The minimum absolute atomic E-state index is 0.189. The number of hydrogen-bond acceptors (Lipinski definition) is 8. The maximum absolute atomic E-state index is 12.1. The third-order valence-corrected chi connectivity index (χ3v) is 7.56. The van der Waals surface area contributed by atoms with Crippen molar-refractivity contribution in [3.05, 3.63) is 23.6 Å². The first kappa shape index (κ1) is 21.8. The minimum atomic E-state index is -3.04. The first-order valence-corrected chi connectivity index (χ1v) is 11.8. The molecule has 29 heavy (non-hydrogen) atoms. The Kier molecular flexibility index (Phi) is 6.97. The zero-order valence-corrected chi connectivity index (χ0v) is 18.5. The maximum Gasteiger partial charge on any atom is 0.229 e. The molecule has 0 amide bonds. The summed E-state index contributed by atoms with van der Waals surface area (Å²) in [6, 6.07) is 0.248. The van der Waals surface area contributed by atoms with Crippen LogP contribution in [-0.2, 0) is 16.9 Å². The minimum Gasteiger partial charge on any atom is -0.367 e. The Labute approximate surface area is 176 Å². The summed E-state index contributed by atoms with van der Waals surface area (Å²) in [6.45, 7) is 5.56. The molecule has 1 fully saturated rings. The van der Waals surface area contributed by atoms with Gasteiger partial charge in [0.05, 0.1) is 29.1 Å². The summed E-state index contributed by atoms with van der Waals surface area (Å²) in [4.78, 5) is 10.9. The average Bonchev–Trinajstić information content (AvgIpc) is 3.29. The van der Waals surface area contributed by atoms with E-state index < -0.39 is 9.84 Å². The zero-order valence-electron chi connectivity index (χ0n) is 17.0. The summed E-state index contributed by atoms with van der Waals surface area (Å²) in [5.74, 6) is 1.17. The second kappa shape index (κ2) is 9.27. The van der Waals surface area contributed by atoms with Crippen molar-refractivity contribution >= 4 is 38.9 Å². The van der Waals surface area contributed by atoms with Crippen LogP contribution < -0.4 is 10.6 Å². The first-order chi connectivity index (χ1) is 13.7. The molecule has 0 radical (unpaired) electrons. The molecule has 0 bridgehead atoms. The summed E-state index contributed by atoms with van der Waals surface area (Å²) < 4.78 is 25.9. The highest BCUT2D eigenvalue weighted by Crippen LogP contribution is 2.23. The van der Waals surface area contributed by atoms with Crippen LogP contribution in [0.1, 0.15) is 26.7 Å². The lowest BCUT2D eigenvalue weighted by molar-refractivity contribution is 0.277. The van der Waals surface area contributed by atoms with Crippen molar-refractivity contribution in [2.24, 2.45) is 7.05 Å². The van der Waals surface area contributed by atoms with Gasteiger partial charge < -0.3 is 10.6 Å². The predicted molar refractivity (Wildman–Crippen MR) is 116 cm³/mol. The number of nitrogens with one attached hydrogen (secondary N) is 2. The van der Waals surface area contributed by atoms with E-state index in [1.807, 2.05) is 13.2 Å². The van der Waals surface area contributed by atoms with E-state index in [4.69, 9.17) is 11.6 Å². The van der Waals surface area contributed by atoms with Crippen molar-refractivity contribution in [1.29, 1.82) is 0 Å². The third-order valence-electron chi connectivity index (χ3n) is 5.09. The summed E-state index contributed by atoms with van der Waals surface area (Å²) >= 11 is 6.26. The molecule has 1 saturated heterocycles. The Bertz CT molecular complexity index is 932. The SMILES string of the molecule is CC(C)S(=O)(=O)CCN1CCC[C@@H]1CNc1nc(Nc2cnn(C)c2)ncc1Cl. The quantitative estimate of drug-likeness (QED) is 0.610. The van der Waals surface area contributed by atoms with E-state index in [0.717, 1.165) is 25.1 Å². The first-order valence-electron chi connectivity index (χ1n) is 9.72. The molecule has 3 rings (SSSR count). The number of aryl methyl sites for hydroxylation is 1. The Balaban J connectivity index is 1.59. The van der Waals surface area contributed by atoms with Crippen LogP contribution in [-0.4, -0.2) is 69.7 Å². The van der Waals surface area contributed by atoms with Crippen LogP contribution in [0.4, 0.5) is 17.5 Å². The molecule has 1 aliphatic heterocycles. The number of likely N-dealkylation sites (tertiary alicyclic amines) is 1. The second-order valence-corrected chi connectivity index (χ2v) is 10.6. The number of aromatic nitrogens is 4. The van der Waals surface area contributed by atoms with Gasteiger partial charge in [-0.25, -0.2) is 13.4 Å².